The molecule has 71 heavy (non-hydrogen) atoms. The summed E-state index contributed by atoms with van der Waals surface area (Å²) in [6, 6.07) is 83.3. The third kappa shape index (κ3) is 6.96. The van der Waals surface area contributed by atoms with Crippen molar-refractivity contribution in [2.75, 3.05) is 4.90 Å². The third-order valence-corrected chi connectivity index (χ3v) is 21.3. The van der Waals surface area contributed by atoms with Crippen molar-refractivity contribution in [1.29, 1.82) is 0 Å². The Hall–Kier alpha value is -7.72. The molecule has 2 heterocycles. The van der Waals surface area contributed by atoms with Crippen molar-refractivity contribution < 1.29 is 0 Å². The Morgan fingerprint density at radius 1 is 0.408 bits per heavy atom. The zero-order valence-corrected chi connectivity index (χ0v) is 42.1. The molecule has 0 spiro atoms. The summed E-state index contributed by atoms with van der Waals surface area (Å²) >= 11 is 0. The molecule has 2 aliphatic carbocycles. The molecule has 0 N–H and O–H groups in total. The molecule has 9 aromatic carbocycles. The van der Waals surface area contributed by atoms with Crippen molar-refractivity contribution in [2.24, 2.45) is 0 Å². The third-order valence-electron chi connectivity index (χ3n) is 16.5. The summed E-state index contributed by atoms with van der Waals surface area (Å²) in [7, 11) is -2.87. The van der Waals surface area contributed by atoms with Crippen LogP contribution in [0, 0.1) is 0 Å². The zero-order chi connectivity index (χ0) is 47.9. The summed E-state index contributed by atoms with van der Waals surface area (Å²) in [4.78, 5) is 2.55. The first-order chi connectivity index (χ1) is 34.7. The molecule has 0 fully saturated rings. The van der Waals surface area contributed by atoms with Crippen LogP contribution in [-0.4, -0.2) is 18.7 Å². The van der Waals surface area contributed by atoms with E-state index in [0.29, 0.717) is 0 Å². The Morgan fingerprint density at radius 3 is 1.76 bits per heavy atom. The molecule has 0 saturated carbocycles. The standard InChI is InChI=1S/C68H58N2Si/c1-67(2)40-41-68(3,4)62-46-56(36-38-61(62)67)71(53-25-10-6-11-26-53,54-27-12-7-13-28-54)55-29-19-23-49(43-55)50-34-37-59-57-30-14-16-32-63(57)70(66(59)44-50)52-35-39-65-60(45-52)58-31-15-17-33-64(58)69(65)51-24-18-22-48(42-51)47-20-8-5-9-21-47/h5-39,42-46,58,64H,40-41H2,1-4H3. The average Bonchev–Trinajstić information content (AvgIpc) is 3.93. The van der Waals surface area contributed by atoms with E-state index in [1.807, 2.05) is 0 Å². The molecule has 3 aliphatic rings. The van der Waals surface area contributed by atoms with Crippen molar-refractivity contribution >= 4 is 62.0 Å². The second kappa shape index (κ2) is 16.7. The Balaban J connectivity index is 0.971. The highest BCUT2D eigenvalue weighted by molar-refractivity contribution is 7.20. The maximum Gasteiger partial charge on any atom is 0.179 e. The molecule has 1 aromatic heterocycles. The van der Waals surface area contributed by atoms with Gasteiger partial charge < -0.3 is 9.47 Å². The van der Waals surface area contributed by atoms with Crippen molar-refractivity contribution in [3.05, 3.63) is 259 Å². The number of fused-ring (bicyclic) bond motifs is 7. The zero-order valence-electron chi connectivity index (χ0n) is 41.1. The van der Waals surface area contributed by atoms with E-state index in [9.17, 15) is 0 Å². The Bertz CT molecular complexity index is 3690. The van der Waals surface area contributed by atoms with E-state index in [1.54, 1.807) is 0 Å². The van der Waals surface area contributed by atoms with Crippen LogP contribution in [0.15, 0.2) is 243 Å². The molecule has 2 unspecified atom stereocenters. The number of aromatic nitrogens is 1. The number of hydrogen-bond acceptors (Lipinski definition) is 1. The minimum Gasteiger partial charge on any atom is -0.333 e. The molecular weight excluding hydrogens is 873 g/mol. The number of benzene rings is 9. The van der Waals surface area contributed by atoms with Crippen molar-refractivity contribution in [3.8, 4) is 27.9 Å². The lowest BCUT2D eigenvalue weighted by molar-refractivity contribution is 0.332. The summed E-state index contributed by atoms with van der Waals surface area (Å²) in [6.07, 6.45) is 11.6. The minimum absolute atomic E-state index is 0.0860. The van der Waals surface area contributed by atoms with E-state index in [2.05, 4.69) is 280 Å². The molecule has 344 valence electrons. The average molecular weight is 931 g/mol. The quantitative estimate of drug-likeness (QED) is 0.109. The first kappa shape index (κ1) is 43.3. The highest BCUT2D eigenvalue weighted by atomic mass is 28.3. The van der Waals surface area contributed by atoms with Gasteiger partial charge in [0.05, 0.1) is 17.1 Å². The van der Waals surface area contributed by atoms with E-state index >= 15 is 0 Å². The van der Waals surface area contributed by atoms with Crippen LogP contribution in [0.3, 0.4) is 0 Å². The van der Waals surface area contributed by atoms with E-state index < -0.39 is 8.07 Å². The second-order valence-corrected chi connectivity index (χ2v) is 25.3. The molecule has 13 rings (SSSR count). The molecule has 3 heteroatoms. The first-order valence-corrected chi connectivity index (χ1v) is 27.5. The topological polar surface area (TPSA) is 8.17 Å². The van der Waals surface area contributed by atoms with Crippen LogP contribution in [0.2, 0.25) is 0 Å². The van der Waals surface area contributed by atoms with Crippen molar-refractivity contribution in [3.63, 3.8) is 0 Å². The number of hydrogen-bond donors (Lipinski definition) is 0. The van der Waals surface area contributed by atoms with E-state index in [-0.39, 0.29) is 22.8 Å². The van der Waals surface area contributed by atoms with Gasteiger partial charge in [0.2, 0.25) is 0 Å². The minimum atomic E-state index is -2.87. The lowest BCUT2D eigenvalue weighted by atomic mass is 9.63. The highest BCUT2D eigenvalue weighted by Crippen LogP contribution is 2.50. The number of nitrogens with zero attached hydrogens (tertiary/aromatic N) is 2. The maximum absolute atomic E-state index is 2.87. The molecule has 0 bridgehead atoms. The molecule has 2 nitrogen and oxygen atoms in total. The van der Waals surface area contributed by atoms with Gasteiger partial charge in [-0.3, -0.25) is 0 Å². The van der Waals surface area contributed by atoms with Crippen LogP contribution in [-0.2, 0) is 10.8 Å². The van der Waals surface area contributed by atoms with Gasteiger partial charge in [-0.25, -0.2) is 0 Å². The smallest absolute Gasteiger partial charge is 0.179 e. The van der Waals surface area contributed by atoms with E-state index in [4.69, 9.17) is 0 Å². The fourth-order valence-electron chi connectivity index (χ4n) is 12.8. The van der Waals surface area contributed by atoms with Crippen LogP contribution < -0.4 is 25.6 Å². The fraction of sp³-hybridized carbons (Fsp3) is 0.147. The van der Waals surface area contributed by atoms with Crippen molar-refractivity contribution in [2.45, 2.75) is 63.3 Å². The van der Waals surface area contributed by atoms with Gasteiger partial charge in [0, 0.05) is 33.8 Å². The van der Waals surface area contributed by atoms with Gasteiger partial charge in [-0.1, -0.05) is 228 Å². The van der Waals surface area contributed by atoms with Crippen LogP contribution in [0.25, 0.3) is 49.7 Å². The van der Waals surface area contributed by atoms with Gasteiger partial charge in [-0.2, -0.15) is 0 Å². The summed E-state index contributed by atoms with van der Waals surface area (Å²) in [5, 5.41) is 8.15. The number of anilines is 2. The van der Waals surface area contributed by atoms with Crippen LogP contribution in [0.5, 0.6) is 0 Å². The molecular formula is C68H58N2Si. The number of allylic oxidation sites excluding steroid dienone is 2. The molecule has 0 saturated heterocycles. The summed E-state index contributed by atoms with van der Waals surface area (Å²) in [6.45, 7) is 9.79. The monoisotopic (exact) mass is 930 g/mol. The summed E-state index contributed by atoms with van der Waals surface area (Å²) < 4.78 is 2.51. The fourth-order valence-corrected chi connectivity index (χ4v) is 17.6. The molecule has 0 radical (unpaired) electrons. The Morgan fingerprint density at radius 2 is 1.00 bits per heavy atom. The van der Waals surface area contributed by atoms with E-state index in [0.717, 1.165) is 0 Å². The normalized spacial score (nSPS) is 17.5. The lowest BCUT2D eigenvalue weighted by Gasteiger charge is -2.43. The predicted molar refractivity (Wildman–Crippen MR) is 304 cm³/mol. The molecule has 1 aliphatic heterocycles. The molecule has 0 amide bonds. The van der Waals surface area contributed by atoms with Crippen molar-refractivity contribution in [1.82, 2.24) is 4.57 Å². The van der Waals surface area contributed by atoms with Gasteiger partial charge in [-0.05, 0) is 126 Å². The van der Waals surface area contributed by atoms with Gasteiger partial charge in [0.15, 0.2) is 8.07 Å². The SMILES string of the molecule is CC1(C)CCC(C)(C)c2cc([Si](c3ccccc3)(c3ccccc3)c3cccc(-c4ccc5c6ccccc6n(-c6ccc7c(c6)C6C=CC=CC6N7c6cccc(-c7ccccc7)c6)c5c4)c3)ccc21. The lowest BCUT2D eigenvalue weighted by Crippen LogP contribution is -2.75. The Labute approximate surface area is 419 Å². The molecule has 10 aromatic rings. The maximum atomic E-state index is 2.64. The van der Waals surface area contributed by atoms with Gasteiger partial charge in [-0.15, -0.1) is 0 Å². The highest BCUT2D eigenvalue weighted by Gasteiger charge is 2.45. The predicted octanol–water partition coefficient (Wildman–Crippen LogP) is 14.6. The van der Waals surface area contributed by atoms with Crippen LogP contribution in [0.1, 0.15) is 63.1 Å². The summed E-state index contributed by atoms with van der Waals surface area (Å²) in [5.74, 6) is 0.230. The van der Waals surface area contributed by atoms with Gasteiger partial charge >= 0.3 is 0 Å². The number of para-hydroxylation sites is 1. The van der Waals surface area contributed by atoms with Gasteiger partial charge in [0.1, 0.15) is 0 Å². The summed E-state index contributed by atoms with van der Waals surface area (Å²) in [5.41, 5.74) is 15.6. The largest absolute Gasteiger partial charge is 0.333 e. The van der Waals surface area contributed by atoms with Gasteiger partial charge in [0.25, 0.3) is 0 Å². The Kier molecular flexibility index (Phi) is 10.2. The van der Waals surface area contributed by atoms with Crippen LogP contribution >= 0.6 is 0 Å². The first-order valence-electron chi connectivity index (χ1n) is 25.5. The second-order valence-electron chi connectivity index (χ2n) is 21.5. The van der Waals surface area contributed by atoms with E-state index in [1.165, 1.54) is 111 Å². The number of rotatable bonds is 8. The van der Waals surface area contributed by atoms with Crippen LogP contribution in [0.4, 0.5) is 11.4 Å². The molecule has 2 atom stereocenters.